The lowest BCUT2D eigenvalue weighted by atomic mass is 10.1. The Hall–Kier alpha value is -3.14. The van der Waals surface area contributed by atoms with Crippen molar-refractivity contribution < 1.29 is 0 Å². The predicted molar refractivity (Wildman–Crippen MR) is 89.6 cm³/mol. The maximum atomic E-state index is 12.1. The van der Waals surface area contributed by atoms with Crippen LogP contribution in [-0.2, 0) is 0 Å². The molecule has 0 radical (unpaired) electrons. The average Bonchev–Trinajstić information content (AvgIpc) is 2.55. The summed E-state index contributed by atoms with van der Waals surface area (Å²) in [5, 5.41) is 6.02. The van der Waals surface area contributed by atoms with E-state index in [-0.39, 0.29) is 5.56 Å². The number of nitrogens with zero attached hydrogens (tertiary/aromatic N) is 1. The molecule has 0 saturated carbocycles. The Labute approximate surface area is 126 Å². The topological polar surface area (TPSA) is 57.8 Å². The van der Waals surface area contributed by atoms with Crippen molar-refractivity contribution in [1.29, 1.82) is 0 Å². The predicted octanol–water partition coefficient (Wildman–Crippen LogP) is 3.82. The molecule has 22 heavy (non-hydrogen) atoms. The van der Waals surface area contributed by atoms with E-state index in [2.05, 4.69) is 27.4 Å². The first kappa shape index (κ1) is 12.6. The Bertz CT molecular complexity index is 1030. The van der Waals surface area contributed by atoms with Crippen molar-refractivity contribution in [3.8, 4) is 0 Å². The van der Waals surface area contributed by atoms with Gasteiger partial charge in [0.25, 0.3) is 5.56 Å². The fourth-order valence-electron chi connectivity index (χ4n) is 2.61. The van der Waals surface area contributed by atoms with Gasteiger partial charge in [-0.1, -0.05) is 48.5 Å². The molecule has 106 valence electrons. The third kappa shape index (κ3) is 2.11. The van der Waals surface area contributed by atoms with E-state index in [0.29, 0.717) is 16.9 Å². The molecule has 0 aliphatic rings. The van der Waals surface area contributed by atoms with Gasteiger partial charge < -0.3 is 5.32 Å². The summed E-state index contributed by atoms with van der Waals surface area (Å²) in [4.78, 5) is 19.4. The summed E-state index contributed by atoms with van der Waals surface area (Å²) in [5.41, 5.74) is 1.44. The summed E-state index contributed by atoms with van der Waals surface area (Å²) >= 11 is 0. The maximum Gasteiger partial charge on any atom is 0.260 e. The van der Waals surface area contributed by atoms with Crippen LogP contribution in [-0.4, -0.2) is 9.97 Å². The molecule has 3 aromatic carbocycles. The summed E-state index contributed by atoms with van der Waals surface area (Å²) < 4.78 is 0. The Morgan fingerprint density at radius 3 is 2.45 bits per heavy atom. The molecule has 0 fully saturated rings. The van der Waals surface area contributed by atoms with Gasteiger partial charge in [-0.15, -0.1) is 0 Å². The SMILES string of the molecule is O=c1[nH]c(Nc2cccc3ccccc23)nc2ccccc12. The van der Waals surface area contributed by atoms with Gasteiger partial charge in [-0.25, -0.2) is 4.98 Å². The number of rotatable bonds is 2. The molecule has 4 rings (SSSR count). The van der Waals surface area contributed by atoms with Crippen LogP contribution in [0.3, 0.4) is 0 Å². The molecule has 0 bridgehead atoms. The molecule has 0 saturated heterocycles. The first-order chi connectivity index (χ1) is 10.8. The second-order valence-electron chi connectivity index (χ2n) is 5.08. The highest BCUT2D eigenvalue weighted by atomic mass is 16.1. The van der Waals surface area contributed by atoms with Crippen molar-refractivity contribution in [1.82, 2.24) is 9.97 Å². The highest BCUT2D eigenvalue weighted by molar-refractivity contribution is 5.95. The van der Waals surface area contributed by atoms with Crippen LogP contribution >= 0.6 is 0 Å². The van der Waals surface area contributed by atoms with Crippen molar-refractivity contribution in [3.05, 3.63) is 77.1 Å². The minimum absolute atomic E-state index is 0.145. The smallest absolute Gasteiger partial charge is 0.260 e. The third-order valence-electron chi connectivity index (χ3n) is 3.66. The normalized spacial score (nSPS) is 10.9. The summed E-state index contributed by atoms with van der Waals surface area (Å²) in [5.74, 6) is 0.444. The fraction of sp³-hybridized carbons (Fsp3) is 0. The Morgan fingerprint density at radius 1 is 0.818 bits per heavy atom. The van der Waals surface area contributed by atoms with Crippen LogP contribution in [0.5, 0.6) is 0 Å². The van der Waals surface area contributed by atoms with E-state index in [0.717, 1.165) is 16.5 Å². The summed E-state index contributed by atoms with van der Waals surface area (Å²) in [6, 6.07) is 21.4. The van der Waals surface area contributed by atoms with E-state index in [1.165, 1.54) is 0 Å². The minimum atomic E-state index is -0.145. The van der Waals surface area contributed by atoms with Gasteiger partial charge in [0.05, 0.1) is 10.9 Å². The van der Waals surface area contributed by atoms with E-state index in [9.17, 15) is 4.79 Å². The van der Waals surface area contributed by atoms with Gasteiger partial charge in [-0.3, -0.25) is 9.78 Å². The lowest BCUT2D eigenvalue weighted by Gasteiger charge is -2.09. The molecule has 4 aromatic rings. The van der Waals surface area contributed by atoms with Crippen LogP contribution in [0.25, 0.3) is 21.7 Å². The maximum absolute atomic E-state index is 12.1. The first-order valence-corrected chi connectivity index (χ1v) is 7.05. The zero-order valence-electron chi connectivity index (χ0n) is 11.7. The number of hydrogen-bond acceptors (Lipinski definition) is 3. The lowest BCUT2D eigenvalue weighted by molar-refractivity contribution is 1.17. The zero-order chi connectivity index (χ0) is 14.9. The molecule has 0 aliphatic heterocycles. The molecule has 0 aliphatic carbocycles. The molecule has 1 aromatic heterocycles. The largest absolute Gasteiger partial charge is 0.325 e. The molecule has 0 unspecified atom stereocenters. The van der Waals surface area contributed by atoms with E-state index in [1.54, 1.807) is 6.07 Å². The van der Waals surface area contributed by atoms with Gasteiger partial charge >= 0.3 is 0 Å². The van der Waals surface area contributed by atoms with Gasteiger partial charge in [0.15, 0.2) is 0 Å². The number of benzene rings is 3. The number of hydrogen-bond donors (Lipinski definition) is 2. The number of aromatic amines is 1. The molecular formula is C18H13N3O. The number of nitrogens with one attached hydrogen (secondary N) is 2. The second kappa shape index (κ2) is 5.00. The third-order valence-corrected chi connectivity index (χ3v) is 3.66. The monoisotopic (exact) mass is 287 g/mol. The van der Waals surface area contributed by atoms with Crippen LogP contribution < -0.4 is 10.9 Å². The Kier molecular flexibility index (Phi) is 2.86. The highest BCUT2D eigenvalue weighted by Crippen LogP contribution is 2.25. The van der Waals surface area contributed by atoms with Gasteiger partial charge in [0, 0.05) is 11.1 Å². The number of aromatic nitrogens is 2. The first-order valence-electron chi connectivity index (χ1n) is 7.05. The van der Waals surface area contributed by atoms with Crippen molar-refractivity contribution in [2.45, 2.75) is 0 Å². The number of fused-ring (bicyclic) bond motifs is 2. The van der Waals surface area contributed by atoms with Gasteiger partial charge in [0.1, 0.15) is 0 Å². The molecule has 0 amide bonds. The summed E-state index contributed by atoms with van der Waals surface area (Å²) in [6.07, 6.45) is 0. The average molecular weight is 287 g/mol. The highest BCUT2D eigenvalue weighted by Gasteiger charge is 2.05. The molecule has 0 atom stereocenters. The van der Waals surface area contributed by atoms with E-state index >= 15 is 0 Å². The number of para-hydroxylation sites is 1. The molecule has 4 nitrogen and oxygen atoms in total. The van der Waals surface area contributed by atoms with E-state index in [1.807, 2.05) is 48.5 Å². The Morgan fingerprint density at radius 2 is 1.55 bits per heavy atom. The van der Waals surface area contributed by atoms with Crippen molar-refractivity contribution in [3.63, 3.8) is 0 Å². The molecule has 2 N–H and O–H groups in total. The van der Waals surface area contributed by atoms with Crippen LogP contribution in [0, 0.1) is 0 Å². The second-order valence-corrected chi connectivity index (χ2v) is 5.08. The quantitative estimate of drug-likeness (QED) is 0.589. The van der Waals surface area contributed by atoms with Gasteiger partial charge in [-0.05, 0) is 23.6 Å². The van der Waals surface area contributed by atoms with Crippen molar-refractivity contribution in [2.75, 3.05) is 5.32 Å². The standard InChI is InChI=1S/C18H13N3O/c22-17-14-9-3-4-10-16(14)20-18(21-17)19-15-11-5-7-12-6-1-2-8-13(12)15/h1-11H,(H2,19,20,21,22). The Balaban J connectivity index is 1.84. The van der Waals surface area contributed by atoms with E-state index < -0.39 is 0 Å². The van der Waals surface area contributed by atoms with Crippen LogP contribution in [0.4, 0.5) is 11.6 Å². The van der Waals surface area contributed by atoms with Crippen molar-refractivity contribution in [2.24, 2.45) is 0 Å². The van der Waals surface area contributed by atoms with Gasteiger partial charge in [-0.2, -0.15) is 0 Å². The molecule has 4 heteroatoms. The molecule has 1 heterocycles. The van der Waals surface area contributed by atoms with Gasteiger partial charge in [0.2, 0.25) is 5.95 Å². The summed E-state index contributed by atoms with van der Waals surface area (Å²) in [6.45, 7) is 0. The lowest BCUT2D eigenvalue weighted by Crippen LogP contribution is -2.11. The minimum Gasteiger partial charge on any atom is -0.325 e. The van der Waals surface area contributed by atoms with Crippen molar-refractivity contribution >= 4 is 33.3 Å². The van der Waals surface area contributed by atoms with Crippen LogP contribution in [0.2, 0.25) is 0 Å². The molecule has 0 spiro atoms. The van der Waals surface area contributed by atoms with Crippen LogP contribution in [0.15, 0.2) is 71.5 Å². The number of H-pyrrole nitrogens is 1. The number of anilines is 2. The van der Waals surface area contributed by atoms with E-state index in [4.69, 9.17) is 0 Å². The zero-order valence-corrected chi connectivity index (χ0v) is 11.7. The fourth-order valence-corrected chi connectivity index (χ4v) is 2.61. The molecular weight excluding hydrogens is 274 g/mol. The summed E-state index contributed by atoms with van der Waals surface area (Å²) in [7, 11) is 0. The van der Waals surface area contributed by atoms with Crippen LogP contribution in [0.1, 0.15) is 0 Å².